The van der Waals surface area contributed by atoms with E-state index < -0.39 is 10.5 Å². The number of rotatable bonds is 4. The van der Waals surface area contributed by atoms with E-state index in [-0.39, 0.29) is 10.7 Å². The highest BCUT2D eigenvalue weighted by molar-refractivity contribution is 6.33. The molecule has 2 aliphatic rings. The van der Waals surface area contributed by atoms with Crippen molar-refractivity contribution in [3.05, 3.63) is 56.0 Å². The summed E-state index contributed by atoms with van der Waals surface area (Å²) in [5.74, 6) is 0.842. The summed E-state index contributed by atoms with van der Waals surface area (Å²) in [4.78, 5) is 27.8. The van der Waals surface area contributed by atoms with Gasteiger partial charge in [0.15, 0.2) is 0 Å². The number of halogens is 1. The maximum atomic E-state index is 12.8. The number of anilines is 1. The van der Waals surface area contributed by atoms with Gasteiger partial charge in [0, 0.05) is 44.4 Å². The summed E-state index contributed by atoms with van der Waals surface area (Å²) in [6.45, 7) is 5.88. The number of hydrogen-bond acceptors (Lipinski definition) is 6. The molecular formula is C21H26ClN5O3. The van der Waals surface area contributed by atoms with Crippen molar-refractivity contribution in [3.8, 4) is 5.69 Å². The Kier molecular flexibility index (Phi) is 6.06. The average molecular weight is 432 g/mol. The van der Waals surface area contributed by atoms with Gasteiger partial charge in [-0.2, -0.15) is 9.78 Å². The molecule has 0 spiro atoms. The summed E-state index contributed by atoms with van der Waals surface area (Å²) in [7, 11) is 0. The molecule has 1 aliphatic carbocycles. The van der Waals surface area contributed by atoms with Crippen molar-refractivity contribution in [2.45, 2.75) is 38.6 Å². The number of nitrogens with zero attached hydrogens (tertiary/aromatic N) is 5. The van der Waals surface area contributed by atoms with Crippen LogP contribution in [-0.4, -0.2) is 51.8 Å². The molecule has 9 heteroatoms. The topological polar surface area (TPSA) is 84.5 Å². The van der Waals surface area contributed by atoms with Crippen LogP contribution < -0.4 is 10.5 Å². The Hall–Kier alpha value is -2.45. The number of aromatic nitrogens is 2. The largest absolute Gasteiger partial charge is 0.366 e. The fraction of sp³-hybridized carbons (Fsp3) is 0.524. The van der Waals surface area contributed by atoms with Crippen molar-refractivity contribution in [2.75, 3.05) is 31.1 Å². The zero-order valence-electron chi connectivity index (χ0n) is 17.0. The van der Waals surface area contributed by atoms with Crippen LogP contribution in [0.15, 0.2) is 35.3 Å². The zero-order valence-corrected chi connectivity index (χ0v) is 17.8. The highest BCUT2D eigenvalue weighted by Crippen LogP contribution is 2.29. The van der Waals surface area contributed by atoms with Gasteiger partial charge in [-0.1, -0.05) is 18.5 Å². The van der Waals surface area contributed by atoms with Crippen molar-refractivity contribution >= 4 is 23.0 Å². The van der Waals surface area contributed by atoms with E-state index in [2.05, 4.69) is 21.8 Å². The number of nitro benzene ring substituents is 1. The van der Waals surface area contributed by atoms with Crippen LogP contribution in [0.5, 0.6) is 0 Å². The van der Waals surface area contributed by atoms with E-state index in [1.807, 2.05) is 0 Å². The summed E-state index contributed by atoms with van der Waals surface area (Å²) >= 11 is 6.43. The van der Waals surface area contributed by atoms with Gasteiger partial charge in [-0.05, 0) is 43.7 Å². The molecule has 2 aromatic rings. The van der Waals surface area contributed by atoms with E-state index in [0.29, 0.717) is 17.4 Å². The first-order valence-electron chi connectivity index (χ1n) is 10.5. The monoisotopic (exact) mass is 431 g/mol. The molecular weight excluding hydrogens is 406 g/mol. The predicted octanol–water partition coefficient (Wildman–Crippen LogP) is 3.49. The van der Waals surface area contributed by atoms with E-state index in [0.717, 1.165) is 32.1 Å². The third-order valence-electron chi connectivity index (χ3n) is 6.36. The molecule has 1 aromatic carbocycles. The molecule has 8 nitrogen and oxygen atoms in total. The lowest BCUT2D eigenvalue weighted by molar-refractivity contribution is -0.384. The molecule has 2 fully saturated rings. The highest BCUT2D eigenvalue weighted by atomic mass is 35.5. The van der Waals surface area contributed by atoms with Crippen LogP contribution in [0.1, 0.15) is 32.6 Å². The van der Waals surface area contributed by atoms with Crippen LogP contribution in [-0.2, 0) is 0 Å². The molecule has 1 saturated carbocycles. The van der Waals surface area contributed by atoms with Gasteiger partial charge in [0.2, 0.25) is 0 Å². The van der Waals surface area contributed by atoms with Crippen LogP contribution >= 0.6 is 11.6 Å². The molecule has 0 atom stereocenters. The number of nitro groups is 1. The van der Waals surface area contributed by atoms with Crippen LogP contribution in [0, 0.1) is 16.0 Å². The number of piperazine rings is 1. The SMILES string of the molecule is CC1CCC(N2CCN(c3cnn(-c4ccc([N+](=O)[O-])cc4)c(=O)c3Cl)CC2)CC1. The molecule has 2 heterocycles. The molecule has 160 valence electrons. The minimum Gasteiger partial charge on any atom is -0.366 e. The second kappa shape index (κ2) is 8.73. The molecule has 0 bridgehead atoms. The first-order valence-corrected chi connectivity index (χ1v) is 10.8. The van der Waals surface area contributed by atoms with Crippen LogP contribution in [0.4, 0.5) is 11.4 Å². The van der Waals surface area contributed by atoms with Crippen molar-refractivity contribution in [1.82, 2.24) is 14.7 Å². The summed E-state index contributed by atoms with van der Waals surface area (Å²) in [5, 5.41) is 15.2. The lowest BCUT2D eigenvalue weighted by Gasteiger charge is -2.42. The molecule has 0 N–H and O–H groups in total. The fourth-order valence-corrected chi connectivity index (χ4v) is 4.73. The van der Waals surface area contributed by atoms with E-state index in [1.165, 1.54) is 54.6 Å². The third-order valence-corrected chi connectivity index (χ3v) is 6.72. The molecule has 4 rings (SSSR count). The summed E-state index contributed by atoms with van der Waals surface area (Å²) in [6.07, 6.45) is 6.77. The van der Waals surface area contributed by atoms with Crippen molar-refractivity contribution in [3.63, 3.8) is 0 Å². The average Bonchev–Trinajstić information content (AvgIpc) is 2.76. The highest BCUT2D eigenvalue weighted by Gasteiger charge is 2.28. The second-order valence-corrected chi connectivity index (χ2v) is 8.65. The van der Waals surface area contributed by atoms with Gasteiger partial charge in [0.1, 0.15) is 5.02 Å². The van der Waals surface area contributed by atoms with Gasteiger partial charge in [0.05, 0.1) is 22.5 Å². The summed E-state index contributed by atoms with van der Waals surface area (Å²) in [5.41, 5.74) is 0.624. The fourth-order valence-electron chi connectivity index (χ4n) is 4.48. The molecule has 0 radical (unpaired) electrons. The molecule has 0 amide bonds. The van der Waals surface area contributed by atoms with Gasteiger partial charge in [-0.15, -0.1) is 0 Å². The number of hydrogen-bond donors (Lipinski definition) is 0. The number of benzene rings is 1. The molecule has 1 saturated heterocycles. The normalized spacial score (nSPS) is 22.8. The van der Waals surface area contributed by atoms with E-state index in [1.54, 1.807) is 6.20 Å². The van der Waals surface area contributed by atoms with E-state index >= 15 is 0 Å². The maximum Gasteiger partial charge on any atom is 0.292 e. The Balaban J connectivity index is 1.46. The zero-order chi connectivity index (χ0) is 21.3. The molecule has 1 aromatic heterocycles. The van der Waals surface area contributed by atoms with Gasteiger partial charge in [0.25, 0.3) is 11.2 Å². The van der Waals surface area contributed by atoms with Crippen molar-refractivity contribution in [1.29, 1.82) is 0 Å². The quantitative estimate of drug-likeness (QED) is 0.544. The molecule has 30 heavy (non-hydrogen) atoms. The standard InChI is InChI=1S/C21H26ClN5O3/c1-15-2-4-16(5-3-15)24-10-12-25(13-11-24)19-14-23-26(21(28)20(19)22)17-6-8-18(9-7-17)27(29)30/h6-9,14-16H,2-5,10-13H2,1H3. The van der Waals surface area contributed by atoms with Gasteiger partial charge in [-0.25, -0.2) is 0 Å². The Labute approximate surface area is 180 Å². The lowest BCUT2D eigenvalue weighted by Crippen LogP contribution is -2.51. The van der Waals surface area contributed by atoms with Gasteiger partial charge >= 0.3 is 0 Å². The summed E-state index contributed by atoms with van der Waals surface area (Å²) < 4.78 is 1.18. The van der Waals surface area contributed by atoms with E-state index in [9.17, 15) is 14.9 Å². The Morgan fingerprint density at radius 3 is 2.30 bits per heavy atom. The first kappa shape index (κ1) is 20.8. The second-order valence-electron chi connectivity index (χ2n) is 8.27. The minimum absolute atomic E-state index is 0.0418. The van der Waals surface area contributed by atoms with E-state index in [4.69, 9.17) is 11.6 Å². The van der Waals surface area contributed by atoms with Gasteiger partial charge < -0.3 is 4.90 Å². The molecule has 1 aliphatic heterocycles. The van der Waals surface area contributed by atoms with Crippen molar-refractivity contribution in [2.24, 2.45) is 5.92 Å². The maximum absolute atomic E-state index is 12.8. The molecule has 0 unspecified atom stereocenters. The van der Waals surface area contributed by atoms with Crippen LogP contribution in [0.3, 0.4) is 0 Å². The van der Waals surface area contributed by atoms with Gasteiger partial charge in [-0.3, -0.25) is 19.8 Å². The lowest BCUT2D eigenvalue weighted by atomic mass is 9.86. The van der Waals surface area contributed by atoms with Crippen molar-refractivity contribution < 1.29 is 4.92 Å². The Morgan fingerprint density at radius 1 is 1.07 bits per heavy atom. The van der Waals surface area contributed by atoms with Crippen LogP contribution in [0.25, 0.3) is 5.69 Å². The van der Waals surface area contributed by atoms with Crippen LogP contribution in [0.2, 0.25) is 5.02 Å². The Bertz CT molecular complexity index is 962. The minimum atomic E-state index is -0.483. The third kappa shape index (κ3) is 4.20. The smallest absolute Gasteiger partial charge is 0.292 e. The predicted molar refractivity (Wildman–Crippen MR) is 117 cm³/mol. The summed E-state index contributed by atoms with van der Waals surface area (Å²) in [6, 6.07) is 6.35. The first-order chi connectivity index (χ1) is 14.4. The number of non-ortho nitro benzene ring substituents is 1. The Morgan fingerprint density at radius 2 is 1.70 bits per heavy atom.